The maximum atomic E-state index is 11.2. The number of anilines is 1. The van der Waals surface area contributed by atoms with Crippen LogP contribution in [0, 0.1) is 6.92 Å². The minimum Gasteiger partial charge on any atom is -0.505 e. The summed E-state index contributed by atoms with van der Waals surface area (Å²) < 4.78 is 0. The van der Waals surface area contributed by atoms with Gasteiger partial charge in [-0.05, 0) is 36.8 Å². The van der Waals surface area contributed by atoms with E-state index in [-0.39, 0.29) is 5.75 Å². The number of hydrogen-bond donors (Lipinski definition) is 1. The van der Waals surface area contributed by atoms with Crippen molar-refractivity contribution in [3.8, 4) is 5.75 Å². The van der Waals surface area contributed by atoms with Gasteiger partial charge in [0.2, 0.25) is 0 Å². The molecule has 31 heavy (non-hydrogen) atoms. The highest BCUT2D eigenvalue weighted by molar-refractivity contribution is 6.43. The highest BCUT2D eigenvalue weighted by Crippen LogP contribution is 2.44. The lowest BCUT2D eigenvalue weighted by molar-refractivity contribution is 0.469. The third-order valence-corrected chi connectivity index (χ3v) is 6.37. The highest BCUT2D eigenvalue weighted by Gasteiger charge is 2.29. The van der Waals surface area contributed by atoms with Gasteiger partial charge in [0.25, 0.3) is 0 Å². The third kappa shape index (κ3) is 4.13. The summed E-state index contributed by atoms with van der Waals surface area (Å²) in [6.45, 7) is 1.91. The van der Waals surface area contributed by atoms with Crippen molar-refractivity contribution in [3.63, 3.8) is 0 Å². The molecular weight excluding hydrogens is 476 g/mol. The van der Waals surface area contributed by atoms with Crippen molar-refractivity contribution in [2.45, 2.75) is 13.0 Å². The topological polar surface area (TPSA) is 49.2 Å². The molecule has 158 valence electrons. The van der Waals surface area contributed by atoms with Gasteiger partial charge < -0.3 is 10.0 Å². The molecule has 0 aliphatic rings. The number of fused-ring (bicyclic) bond motifs is 1. The van der Waals surface area contributed by atoms with Crippen LogP contribution in [0.5, 0.6) is 5.75 Å². The van der Waals surface area contributed by atoms with Gasteiger partial charge in [0.15, 0.2) is 0 Å². The van der Waals surface area contributed by atoms with Crippen molar-refractivity contribution >= 4 is 63.1 Å². The summed E-state index contributed by atoms with van der Waals surface area (Å²) in [6.07, 6.45) is 3.21. The van der Waals surface area contributed by atoms with Crippen LogP contribution in [-0.4, -0.2) is 22.1 Å². The van der Waals surface area contributed by atoms with Gasteiger partial charge in [0.1, 0.15) is 17.1 Å². The molecule has 1 unspecified atom stereocenters. The number of benzene rings is 2. The normalized spacial score (nSPS) is 12.2. The number of aryl methyl sites for hydroxylation is 1. The first-order valence-electron chi connectivity index (χ1n) is 9.34. The second kappa shape index (κ2) is 8.71. The van der Waals surface area contributed by atoms with Crippen molar-refractivity contribution in [1.29, 1.82) is 0 Å². The van der Waals surface area contributed by atoms with E-state index < -0.39 is 6.04 Å². The van der Waals surface area contributed by atoms with Gasteiger partial charge in [0.05, 0.1) is 21.1 Å². The van der Waals surface area contributed by atoms with Crippen molar-refractivity contribution in [3.05, 3.63) is 91.6 Å². The number of hydrogen-bond acceptors (Lipinski definition) is 4. The number of phenols is 1. The van der Waals surface area contributed by atoms with E-state index in [0.29, 0.717) is 42.6 Å². The first-order chi connectivity index (χ1) is 14.8. The van der Waals surface area contributed by atoms with E-state index in [2.05, 4.69) is 9.97 Å². The summed E-state index contributed by atoms with van der Waals surface area (Å²) in [7, 11) is 1.86. The molecule has 0 saturated carbocycles. The zero-order chi connectivity index (χ0) is 22.3. The van der Waals surface area contributed by atoms with Crippen molar-refractivity contribution in [1.82, 2.24) is 9.97 Å². The average Bonchev–Trinajstić information content (AvgIpc) is 2.73. The van der Waals surface area contributed by atoms with E-state index in [4.69, 9.17) is 46.4 Å². The van der Waals surface area contributed by atoms with E-state index in [9.17, 15) is 5.11 Å². The van der Waals surface area contributed by atoms with Crippen LogP contribution in [0.25, 0.3) is 10.9 Å². The minimum atomic E-state index is -0.553. The molecule has 4 rings (SSSR count). The molecule has 4 aromatic rings. The molecule has 2 aromatic heterocycles. The van der Waals surface area contributed by atoms with Gasteiger partial charge in [-0.1, -0.05) is 64.6 Å². The molecule has 0 spiro atoms. The van der Waals surface area contributed by atoms with Crippen molar-refractivity contribution in [2.75, 3.05) is 11.9 Å². The molecule has 1 atom stereocenters. The number of pyridine rings is 2. The zero-order valence-corrected chi connectivity index (χ0v) is 19.6. The van der Waals surface area contributed by atoms with Gasteiger partial charge in [-0.15, -0.1) is 0 Å². The molecule has 0 saturated heterocycles. The van der Waals surface area contributed by atoms with Crippen LogP contribution in [0.2, 0.25) is 20.1 Å². The number of aromatic nitrogens is 2. The van der Waals surface area contributed by atoms with Crippen LogP contribution < -0.4 is 4.90 Å². The Bertz CT molecular complexity index is 1300. The van der Waals surface area contributed by atoms with E-state index in [0.717, 1.165) is 10.9 Å². The molecule has 0 aliphatic carbocycles. The molecule has 0 bridgehead atoms. The molecule has 2 aromatic carbocycles. The summed E-state index contributed by atoms with van der Waals surface area (Å²) in [5.74, 6) is 0.718. The fraction of sp³-hybridized carbons (Fsp3) is 0.130. The molecule has 1 N–H and O–H groups in total. The number of halogens is 4. The van der Waals surface area contributed by atoms with Crippen LogP contribution in [0.1, 0.15) is 22.7 Å². The van der Waals surface area contributed by atoms with Crippen LogP contribution in [0.15, 0.2) is 54.9 Å². The van der Waals surface area contributed by atoms with Gasteiger partial charge in [-0.25, -0.2) is 4.98 Å². The van der Waals surface area contributed by atoms with Gasteiger partial charge in [-0.2, -0.15) is 0 Å². The highest BCUT2D eigenvalue weighted by atomic mass is 35.5. The maximum absolute atomic E-state index is 11.2. The molecule has 0 aliphatic heterocycles. The first-order valence-corrected chi connectivity index (χ1v) is 10.8. The lowest BCUT2D eigenvalue weighted by Gasteiger charge is -2.32. The van der Waals surface area contributed by atoms with E-state index in [1.165, 1.54) is 0 Å². The molecule has 0 amide bonds. The summed E-state index contributed by atoms with van der Waals surface area (Å²) in [6, 6.07) is 12.0. The molecule has 2 heterocycles. The largest absolute Gasteiger partial charge is 0.505 e. The Morgan fingerprint density at radius 1 is 0.935 bits per heavy atom. The minimum absolute atomic E-state index is 0.0498. The Morgan fingerprint density at radius 3 is 2.45 bits per heavy atom. The third-order valence-electron chi connectivity index (χ3n) is 5.13. The van der Waals surface area contributed by atoms with Crippen LogP contribution in [0.4, 0.5) is 5.82 Å². The fourth-order valence-corrected chi connectivity index (χ4v) is 4.68. The summed E-state index contributed by atoms with van der Waals surface area (Å²) in [4.78, 5) is 10.8. The Balaban J connectivity index is 1.99. The number of aromatic hydroxyl groups is 1. The smallest absolute Gasteiger partial charge is 0.147 e. The van der Waals surface area contributed by atoms with Crippen LogP contribution in [-0.2, 0) is 0 Å². The molecule has 0 radical (unpaired) electrons. The molecule has 4 nitrogen and oxygen atoms in total. The van der Waals surface area contributed by atoms with Gasteiger partial charge >= 0.3 is 0 Å². The monoisotopic (exact) mass is 491 g/mol. The second-order valence-electron chi connectivity index (χ2n) is 7.18. The van der Waals surface area contributed by atoms with Gasteiger partial charge in [0, 0.05) is 41.0 Å². The first kappa shape index (κ1) is 22.0. The quantitative estimate of drug-likeness (QED) is 0.300. The zero-order valence-electron chi connectivity index (χ0n) is 16.6. The Kier molecular flexibility index (Phi) is 6.18. The lowest BCUT2D eigenvalue weighted by Crippen LogP contribution is -2.27. The van der Waals surface area contributed by atoms with Crippen LogP contribution >= 0.6 is 46.4 Å². The predicted octanol–water partition coefficient (Wildman–Crippen LogP) is 7.48. The Labute approximate surface area is 200 Å². The second-order valence-corrected chi connectivity index (χ2v) is 8.83. The SMILES string of the molecule is Cc1cc(Cl)cnc1N(C)C(c1cc(Cl)cc(Cl)c1Cl)c1ccc2cccnc2c1O. The van der Waals surface area contributed by atoms with E-state index >= 15 is 0 Å². The standard InChI is InChI=1S/C23H17Cl4N3O/c1-12-8-15(25)11-29-23(12)30(2)21(17-9-14(24)10-18(26)19(17)27)16-6-5-13-4-3-7-28-20(13)22(16)31/h3-11,21,31H,1-2H3. The Hall–Kier alpha value is -2.24. The predicted molar refractivity (Wildman–Crippen MR) is 129 cm³/mol. The fourth-order valence-electron chi connectivity index (χ4n) is 3.75. The number of rotatable bonds is 4. The molecular formula is C23H17Cl4N3O. The lowest BCUT2D eigenvalue weighted by atomic mass is 9.94. The van der Waals surface area contributed by atoms with E-state index in [1.54, 1.807) is 24.5 Å². The molecule has 8 heteroatoms. The Morgan fingerprint density at radius 2 is 1.71 bits per heavy atom. The number of nitrogens with zero attached hydrogens (tertiary/aromatic N) is 3. The van der Waals surface area contributed by atoms with Gasteiger partial charge in [-0.3, -0.25) is 4.98 Å². The summed E-state index contributed by atoms with van der Waals surface area (Å²) >= 11 is 25.4. The molecule has 0 fully saturated rings. The summed E-state index contributed by atoms with van der Waals surface area (Å²) in [5, 5.41) is 13.6. The van der Waals surface area contributed by atoms with Crippen molar-refractivity contribution in [2.24, 2.45) is 0 Å². The van der Waals surface area contributed by atoms with Crippen LogP contribution in [0.3, 0.4) is 0 Å². The maximum Gasteiger partial charge on any atom is 0.147 e. The van der Waals surface area contributed by atoms with Crippen molar-refractivity contribution < 1.29 is 5.11 Å². The summed E-state index contributed by atoms with van der Waals surface area (Å²) in [5.41, 5.74) is 2.57. The number of phenolic OH excluding ortho intramolecular Hbond substituents is 1. The average molecular weight is 493 g/mol. The van der Waals surface area contributed by atoms with E-state index in [1.807, 2.05) is 49.2 Å².